The minimum absolute atomic E-state index is 0.119. The van der Waals surface area contributed by atoms with Crippen molar-refractivity contribution in [3.63, 3.8) is 0 Å². The highest BCUT2D eigenvalue weighted by atomic mass is 16.2. The van der Waals surface area contributed by atoms with E-state index in [2.05, 4.69) is 15.4 Å². The fourth-order valence-electron chi connectivity index (χ4n) is 2.20. The molecule has 1 fully saturated rings. The van der Waals surface area contributed by atoms with E-state index < -0.39 is 0 Å². The van der Waals surface area contributed by atoms with Crippen molar-refractivity contribution < 1.29 is 4.79 Å². The second kappa shape index (κ2) is 5.95. The van der Waals surface area contributed by atoms with Crippen molar-refractivity contribution in [2.75, 3.05) is 19.6 Å². The number of aryl methyl sites for hydroxylation is 1. The van der Waals surface area contributed by atoms with Gasteiger partial charge in [-0.2, -0.15) is 5.10 Å². The Morgan fingerprint density at radius 3 is 2.83 bits per heavy atom. The number of likely N-dealkylation sites (tertiary alicyclic amines) is 1. The largest absolute Gasteiger partial charge is 0.341 e. The van der Waals surface area contributed by atoms with E-state index >= 15 is 0 Å². The van der Waals surface area contributed by atoms with Gasteiger partial charge in [-0.05, 0) is 19.8 Å². The van der Waals surface area contributed by atoms with Gasteiger partial charge in [-0.15, -0.1) is 0 Å². The van der Waals surface area contributed by atoms with Gasteiger partial charge in [0, 0.05) is 33.1 Å². The molecule has 0 spiro atoms. The lowest BCUT2D eigenvalue weighted by molar-refractivity contribution is -0.131. The molecule has 0 aromatic carbocycles. The van der Waals surface area contributed by atoms with Crippen molar-refractivity contribution in [3.05, 3.63) is 12.2 Å². The van der Waals surface area contributed by atoms with E-state index in [4.69, 9.17) is 0 Å². The highest BCUT2D eigenvalue weighted by Crippen LogP contribution is 2.08. The first-order valence-electron chi connectivity index (χ1n) is 6.53. The standard InChI is InChI=1S/C12H21N5O/c1-10(12(18)17-7-3-4-8-17)13-6-5-11-14-9-16(2)15-11/h9-10,13H,3-8H2,1-2H3. The SMILES string of the molecule is CC(NCCc1ncn(C)n1)C(=O)N1CCCC1. The Morgan fingerprint density at radius 1 is 1.50 bits per heavy atom. The van der Waals surface area contributed by atoms with Gasteiger partial charge in [-0.25, -0.2) is 4.98 Å². The van der Waals surface area contributed by atoms with E-state index in [-0.39, 0.29) is 11.9 Å². The van der Waals surface area contributed by atoms with Crippen LogP contribution in [0.1, 0.15) is 25.6 Å². The van der Waals surface area contributed by atoms with E-state index in [9.17, 15) is 4.79 Å². The van der Waals surface area contributed by atoms with Crippen LogP contribution in [-0.4, -0.2) is 51.2 Å². The maximum atomic E-state index is 12.0. The summed E-state index contributed by atoms with van der Waals surface area (Å²) in [5.74, 6) is 1.02. The molecule has 6 heteroatoms. The Labute approximate surface area is 107 Å². The van der Waals surface area contributed by atoms with Crippen LogP contribution in [0.25, 0.3) is 0 Å². The van der Waals surface area contributed by atoms with Crippen molar-refractivity contribution >= 4 is 5.91 Å². The normalized spacial score (nSPS) is 17.1. The molecule has 1 aromatic heterocycles. The molecule has 2 heterocycles. The van der Waals surface area contributed by atoms with Crippen molar-refractivity contribution in [3.8, 4) is 0 Å². The average molecular weight is 251 g/mol. The Morgan fingerprint density at radius 2 is 2.22 bits per heavy atom. The van der Waals surface area contributed by atoms with Crippen LogP contribution < -0.4 is 5.32 Å². The molecular formula is C12H21N5O. The monoisotopic (exact) mass is 251 g/mol. The molecule has 2 rings (SSSR count). The highest BCUT2D eigenvalue weighted by Gasteiger charge is 2.22. The van der Waals surface area contributed by atoms with Gasteiger partial charge >= 0.3 is 0 Å². The number of hydrogen-bond donors (Lipinski definition) is 1. The molecule has 1 N–H and O–H groups in total. The molecule has 6 nitrogen and oxygen atoms in total. The zero-order valence-corrected chi connectivity index (χ0v) is 11.1. The van der Waals surface area contributed by atoms with Crippen LogP contribution in [0.15, 0.2) is 6.33 Å². The van der Waals surface area contributed by atoms with Crippen LogP contribution >= 0.6 is 0 Å². The van der Waals surface area contributed by atoms with Gasteiger partial charge in [0.15, 0.2) is 5.82 Å². The lowest BCUT2D eigenvalue weighted by atomic mass is 10.2. The number of carbonyl (C=O) groups excluding carboxylic acids is 1. The number of nitrogens with zero attached hydrogens (tertiary/aromatic N) is 4. The number of rotatable bonds is 5. The minimum Gasteiger partial charge on any atom is -0.341 e. The van der Waals surface area contributed by atoms with Gasteiger partial charge in [0.2, 0.25) is 5.91 Å². The van der Waals surface area contributed by atoms with Crippen LogP contribution in [-0.2, 0) is 18.3 Å². The summed E-state index contributed by atoms with van der Waals surface area (Å²) in [5.41, 5.74) is 0. The van der Waals surface area contributed by atoms with Gasteiger partial charge in [0.05, 0.1) is 6.04 Å². The maximum Gasteiger partial charge on any atom is 0.239 e. The van der Waals surface area contributed by atoms with E-state index in [0.29, 0.717) is 0 Å². The second-order valence-electron chi connectivity index (χ2n) is 4.79. The third-order valence-electron chi connectivity index (χ3n) is 3.23. The van der Waals surface area contributed by atoms with Crippen molar-refractivity contribution in [2.24, 2.45) is 7.05 Å². The van der Waals surface area contributed by atoms with E-state index in [1.807, 2.05) is 18.9 Å². The molecule has 1 unspecified atom stereocenters. The van der Waals surface area contributed by atoms with Crippen LogP contribution in [0, 0.1) is 0 Å². The van der Waals surface area contributed by atoms with Gasteiger partial charge < -0.3 is 10.2 Å². The summed E-state index contributed by atoms with van der Waals surface area (Å²) < 4.78 is 1.69. The van der Waals surface area contributed by atoms with Crippen LogP contribution in [0.2, 0.25) is 0 Å². The fraction of sp³-hybridized carbons (Fsp3) is 0.750. The summed E-state index contributed by atoms with van der Waals surface area (Å²) >= 11 is 0. The number of hydrogen-bond acceptors (Lipinski definition) is 4. The molecule has 0 aliphatic carbocycles. The van der Waals surface area contributed by atoms with Crippen LogP contribution in [0.4, 0.5) is 0 Å². The molecule has 18 heavy (non-hydrogen) atoms. The summed E-state index contributed by atoms with van der Waals surface area (Å²) in [6.45, 7) is 4.47. The van der Waals surface area contributed by atoms with Crippen LogP contribution in [0.3, 0.4) is 0 Å². The third-order valence-corrected chi connectivity index (χ3v) is 3.23. The molecule has 1 aliphatic heterocycles. The van der Waals surface area contributed by atoms with Gasteiger partial charge in [0.25, 0.3) is 0 Å². The summed E-state index contributed by atoms with van der Waals surface area (Å²) in [6, 6.07) is -0.119. The topological polar surface area (TPSA) is 63.1 Å². The maximum absolute atomic E-state index is 12.0. The van der Waals surface area contributed by atoms with E-state index in [1.54, 1.807) is 11.0 Å². The lowest BCUT2D eigenvalue weighted by Gasteiger charge is -2.20. The van der Waals surface area contributed by atoms with Crippen molar-refractivity contribution in [1.29, 1.82) is 0 Å². The van der Waals surface area contributed by atoms with E-state index in [0.717, 1.165) is 44.7 Å². The number of carbonyl (C=O) groups is 1. The number of nitrogens with one attached hydrogen (secondary N) is 1. The lowest BCUT2D eigenvalue weighted by Crippen LogP contribution is -2.44. The highest BCUT2D eigenvalue weighted by molar-refractivity contribution is 5.81. The second-order valence-corrected chi connectivity index (χ2v) is 4.79. The molecule has 1 atom stereocenters. The fourth-order valence-corrected chi connectivity index (χ4v) is 2.20. The Bertz CT molecular complexity index is 397. The molecule has 1 aromatic rings. The summed E-state index contributed by atoms with van der Waals surface area (Å²) in [4.78, 5) is 18.1. The zero-order valence-electron chi connectivity index (χ0n) is 11.1. The Kier molecular flexibility index (Phi) is 4.30. The molecule has 1 saturated heterocycles. The molecule has 0 radical (unpaired) electrons. The molecule has 0 bridgehead atoms. The van der Waals surface area contributed by atoms with Gasteiger partial charge in [-0.3, -0.25) is 9.48 Å². The molecule has 0 saturated carbocycles. The van der Waals surface area contributed by atoms with Gasteiger partial charge in [0.1, 0.15) is 6.33 Å². The Balaban J connectivity index is 1.70. The van der Waals surface area contributed by atoms with Crippen molar-refractivity contribution in [2.45, 2.75) is 32.2 Å². The predicted molar refractivity (Wildman–Crippen MR) is 68.0 cm³/mol. The number of amides is 1. The average Bonchev–Trinajstić information content (AvgIpc) is 2.99. The Hall–Kier alpha value is -1.43. The molecule has 1 amide bonds. The van der Waals surface area contributed by atoms with Gasteiger partial charge in [-0.1, -0.05) is 0 Å². The zero-order chi connectivity index (χ0) is 13.0. The first kappa shape index (κ1) is 13.0. The molecule has 1 aliphatic rings. The summed E-state index contributed by atoms with van der Waals surface area (Å²) in [6.07, 6.45) is 4.71. The molecular weight excluding hydrogens is 230 g/mol. The summed E-state index contributed by atoms with van der Waals surface area (Å²) in [5, 5.41) is 7.44. The van der Waals surface area contributed by atoms with Crippen molar-refractivity contribution in [1.82, 2.24) is 25.0 Å². The summed E-state index contributed by atoms with van der Waals surface area (Å²) in [7, 11) is 1.85. The number of aromatic nitrogens is 3. The third kappa shape index (κ3) is 3.29. The first-order chi connectivity index (χ1) is 8.66. The van der Waals surface area contributed by atoms with Crippen LogP contribution in [0.5, 0.6) is 0 Å². The quantitative estimate of drug-likeness (QED) is 0.797. The van der Waals surface area contributed by atoms with E-state index in [1.165, 1.54) is 0 Å². The molecule has 100 valence electrons. The smallest absolute Gasteiger partial charge is 0.239 e. The minimum atomic E-state index is -0.119. The first-order valence-corrected chi connectivity index (χ1v) is 6.53. The predicted octanol–water partition coefficient (Wildman–Crippen LogP) is -0.0419.